The first-order valence-corrected chi connectivity index (χ1v) is 7.44. The molecular weight excluding hydrogens is 328 g/mol. The standard InChI is InChI=1S/C16H18N4O5/c1-16(2,3)10-4-6-11(7-5-10)19-12(21)8-25-15-13(20(23)24)14(22)17-9-18-15/h4-7,9H,8H2,1-3H3,(H,19,21)(H,17,18,22). The second-order valence-corrected chi connectivity index (χ2v) is 6.31. The number of nitrogens with one attached hydrogen (secondary N) is 2. The van der Waals surface area contributed by atoms with Gasteiger partial charge in [-0.25, -0.2) is 0 Å². The van der Waals surface area contributed by atoms with E-state index in [-0.39, 0.29) is 5.41 Å². The molecule has 1 aromatic heterocycles. The number of ether oxygens (including phenoxy) is 1. The number of nitro groups is 1. The van der Waals surface area contributed by atoms with E-state index in [1.165, 1.54) is 0 Å². The van der Waals surface area contributed by atoms with Crippen LogP contribution in [0.5, 0.6) is 5.88 Å². The molecule has 9 nitrogen and oxygen atoms in total. The van der Waals surface area contributed by atoms with Crippen LogP contribution in [0.25, 0.3) is 0 Å². The molecule has 0 aliphatic heterocycles. The highest BCUT2D eigenvalue weighted by molar-refractivity contribution is 5.91. The molecule has 0 saturated heterocycles. The number of carbonyl (C=O) groups excluding carboxylic acids is 1. The van der Waals surface area contributed by atoms with E-state index in [0.717, 1.165) is 11.9 Å². The number of carbonyl (C=O) groups is 1. The molecule has 0 unspecified atom stereocenters. The smallest absolute Gasteiger partial charge is 0.395 e. The Labute approximate surface area is 143 Å². The average molecular weight is 346 g/mol. The van der Waals surface area contributed by atoms with Gasteiger partial charge in [-0.05, 0) is 23.1 Å². The summed E-state index contributed by atoms with van der Waals surface area (Å²) in [4.78, 5) is 38.9. The molecule has 2 N–H and O–H groups in total. The molecule has 0 aliphatic carbocycles. The maximum atomic E-state index is 11.9. The van der Waals surface area contributed by atoms with Crippen molar-refractivity contribution in [1.82, 2.24) is 9.97 Å². The van der Waals surface area contributed by atoms with Gasteiger partial charge in [-0.2, -0.15) is 4.98 Å². The zero-order valence-corrected chi connectivity index (χ0v) is 14.0. The summed E-state index contributed by atoms with van der Waals surface area (Å²) in [7, 11) is 0. The first kappa shape index (κ1) is 18.1. The lowest BCUT2D eigenvalue weighted by atomic mass is 9.87. The third kappa shape index (κ3) is 4.63. The highest BCUT2D eigenvalue weighted by Crippen LogP contribution is 2.23. The summed E-state index contributed by atoms with van der Waals surface area (Å²) in [6, 6.07) is 7.32. The third-order valence-electron chi connectivity index (χ3n) is 3.35. The molecule has 0 fully saturated rings. The predicted octanol–water partition coefficient (Wildman–Crippen LogP) is 1.99. The van der Waals surface area contributed by atoms with Gasteiger partial charge in [-0.3, -0.25) is 19.7 Å². The summed E-state index contributed by atoms with van der Waals surface area (Å²) in [5.41, 5.74) is -0.116. The van der Waals surface area contributed by atoms with E-state index >= 15 is 0 Å². The number of aromatic nitrogens is 2. The van der Waals surface area contributed by atoms with Crippen LogP contribution in [0.4, 0.5) is 11.4 Å². The topological polar surface area (TPSA) is 127 Å². The Bertz CT molecular complexity index is 837. The van der Waals surface area contributed by atoms with Crippen molar-refractivity contribution in [1.29, 1.82) is 0 Å². The third-order valence-corrected chi connectivity index (χ3v) is 3.35. The Morgan fingerprint density at radius 2 is 1.96 bits per heavy atom. The van der Waals surface area contributed by atoms with Crippen molar-refractivity contribution in [2.24, 2.45) is 0 Å². The van der Waals surface area contributed by atoms with Gasteiger partial charge in [-0.15, -0.1) is 0 Å². The molecule has 2 rings (SSSR count). The number of hydrogen-bond acceptors (Lipinski definition) is 6. The van der Waals surface area contributed by atoms with Crippen LogP contribution in [0.1, 0.15) is 26.3 Å². The van der Waals surface area contributed by atoms with Crippen molar-refractivity contribution in [3.8, 4) is 5.88 Å². The second kappa shape index (κ2) is 7.12. The van der Waals surface area contributed by atoms with Gasteiger partial charge >= 0.3 is 17.1 Å². The lowest BCUT2D eigenvalue weighted by Crippen LogP contribution is -2.22. The minimum Gasteiger partial charge on any atom is -0.462 e. The number of benzene rings is 1. The number of rotatable bonds is 5. The first-order chi connectivity index (χ1) is 11.7. The number of H-pyrrole nitrogens is 1. The molecule has 1 aromatic carbocycles. The zero-order valence-electron chi connectivity index (χ0n) is 14.0. The van der Waals surface area contributed by atoms with Crippen LogP contribution in [0.15, 0.2) is 35.4 Å². The van der Waals surface area contributed by atoms with Crippen molar-refractivity contribution >= 4 is 17.3 Å². The molecule has 9 heteroatoms. The minimum atomic E-state index is -0.951. The Morgan fingerprint density at radius 1 is 1.32 bits per heavy atom. The van der Waals surface area contributed by atoms with Crippen molar-refractivity contribution in [2.75, 3.05) is 11.9 Å². The quantitative estimate of drug-likeness (QED) is 0.629. The average Bonchev–Trinajstić information content (AvgIpc) is 2.52. The summed E-state index contributed by atoms with van der Waals surface area (Å²) >= 11 is 0. The molecular formula is C16H18N4O5. The van der Waals surface area contributed by atoms with E-state index in [9.17, 15) is 19.7 Å². The summed E-state index contributed by atoms with van der Waals surface area (Å²) < 4.78 is 5.01. The summed E-state index contributed by atoms with van der Waals surface area (Å²) in [6.07, 6.45) is 0.966. The monoisotopic (exact) mass is 346 g/mol. The van der Waals surface area contributed by atoms with Crippen LogP contribution >= 0.6 is 0 Å². The van der Waals surface area contributed by atoms with Gasteiger partial charge in [0.25, 0.3) is 5.91 Å². The fourth-order valence-corrected chi connectivity index (χ4v) is 2.03. The fourth-order valence-electron chi connectivity index (χ4n) is 2.03. The molecule has 1 heterocycles. The van der Waals surface area contributed by atoms with Crippen LogP contribution in [-0.4, -0.2) is 27.4 Å². The second-order valence-electron chi connectivity index (χ2n) is 6.31. The van der Waals surface area contributed by atoms with Crippen molar-refractivity contribution in [3.63, 3.8) is 0 Å². The molecule has 0 bridgehead atoms. The Balaban J connectivity index is 2.01. The molecule has 25 heavy (non-hydrogen) atoms. The predicted molar refractivity (Wildman–Crippen MR) is 90.8 cm³/mol. The Morgan fingerprint density at radius 3 is 2.52 bits per heavy atom. The molecule has 0 spiro atoms. The van der Waals surface area contributed by atoms with E-state index in [4.69, 9.17) is 4.74 Å². The van der Waals surface area contributed by atoms with Gasteiger partial charge in [0.15, 0.2) is 6.61 Å². The zero-order chi connectivity index (χ0) is 18.6. The van der Waals surface area contributed by atoms with Gasteiger partial charge in [-0.1, -0.05) is 32.9 Å². The van der Waals surface area contributed by atoms with Gasteiger partial charge in [0, 0.05) is 5.69 Å². The van der Waals surface area contributed by atoms with Crippen LogP contribution in [-0.2, 0) is 10.2 Å². The van der Waals surface area contributed by atoms with Crippen LogP contribution in [0.2, 0.25) is 0 Å². The van der Waals surface area contributed by atoms with Gasteiger partial charge in [0.1, 0.15) is 0 Å². The number of nitrogens with zero attached hydrogens (tertiary/aromatic N) is 2. The lowest BCUT2D eigenvalue weighted by molar-refractivity contribution is -0.387. The molecule has 2 aromatic rings. The number of anilines is 1. The minimum absolute atomic E-state index is 0.00335. The largest absolute Gasteiger partial charge is 0.462 e. The number of aromatic amines is 1. The highest BCUT2D eigenvalue weighted by atomic mass is 16.6. The number of hydrogen-bond donors (Lipinski definition) is 2. The van der Waals surface area contributed by atoms with E-state index in [1.54, 1.807) is 12.1 Å². The van der Waals surface area contributed by atoms with E-state index < -0.39 is 34.6 Å². The Kier molecular flexibility index (Phi) is 5.16. The van der Waals surface area contributed by atoms with Gasteiger partial charge in [0.05, 0.1) is 11.3 Å². The normalized spacial score (nSPS) is 11.0. The first-order valence-electron chi connectivity index (χ1n) is 7.44. The molecule has 1 amide bonds. The molecule has 0 radical (unpaired) electrons. The number of amides is 1. The van der Waals surface area contributed by atoms with Crippen LogP contribution in [0.3, 0.4) is 0 Å². The lowest BCUT2D eigenvalue weighted by Gasteiger charge is -2.19. The fraction of sp³-hybridized carbons (Fsp3) is 0.312. The van der Waals surface area contributed by atoms with E-state index in [1.807, 2.05) is 12.1 Å². The molecule has 0 saturated carbocycles. The summed E-state index contributed by atoms with van der Waals surface area (Å²) in [6.45, 7) is 5.72. The van der Waals surface area contributed by atoms with E-state index in [2.05, 4.69) is 36.1 Å². The highest BCUT2D eigenvalue weighted by Gasteiger charge is 2.22. The Hall–Kier alpha value is -3.23. The van der Waals surface area contributed by atoms with Crippen molar-refractivity contribution in [3.05, 3.63) is 56.6 Å². The summed E-state index contributed by atoms with van der Waals surface area (Å²) in [5.74, 6) is -1.04. The van der Waals surface area contributed by atoms with Crippen molar-refractivity contribution < 1.29 is 14.5 Å². The maximum absolute atomic E-state index is 11.9. The SMILES string of the molecule is CC(C)(C)c1ccc(NC(=O)COc2nc[nH]c(=O)c2[N+](=O)[O-])cc1. The van der Waals surface area contributed by atoms with Gasteiger partial charge in [0.2, 0.25) is 0 Å². The molecule has 0 atom stereocenters. The van der Waals surface area contributed by atoms with E-state index in [0.29, 0.717) is 5.69 Å². The summed E-state index contributed by atoms with van der Waals surface area (Å²) in [5, 5.41) is 13.5. The van der Waals surface area contributed by atoms with Crippen LogP contribution in [0, 0.1) is 10.1 Å². The van der Waals surface area contributed by atoms with Gasteiger partial charge < -0.3 is 15.0 Å². The molecule has 132 valence electrons. The maximum Gasteiger partial charge on any atom is 0.395 e. The molecule has 0 aliphatic rings. The van der Waals surface area contributed by atoms with Crippen LogP contribution < -0.4 is 15.6 Å². The van der Waals surface area contributed by atoms with Crippen molar-refractivity contribution in [2.45, 2.75) is 26.2 Å².